The summed E-state index contributed by atoms with van der Waals surface area (Å²) >= 11 is 0. The molecule has 0 aliphatic heterocycles. The van der Waals surface area contributed by atoms with Crippen molar-refractivity contribution in [2.24, 2.45) is 5.92 Å². The number of nitriles is 1. The van der Waals surface area contributed by atoms with Crippen LogP contribution in [0, 0.1) is 31.1 Å². The molecular formula is C12H15N3O2. The number of hydrogen-bond acceptors (Lipinski definition) is 4. The maximum Gasteiger partial charge on any atom is 0.308 e. The molecule has 0 aliphatic rings. The van der Waals surface area contributed by atoms with E-state index in [0.29, 0.717) is 11.4 Å². The number of aryl methyl sites for hydroxylation is 2. The van der Waals surface area contributed by atoms with Crippen molar-refractivity contribution in [3.05, 3.63) is 22.9 Å². The van der Waals surface area contributed by atoms with Crippen LogP contribution in [0.2, 0.25) is 0 Å². The van der Waals surface area contributed by atoms with Gasteiger partial charge < -0.3 is 10.4 Å². The smallest absolute Gasteiger partial charge is 0.308 e. The lowest BCUT2D eigenvalue weighted by atomic mass is 10.1. The Labute approximate surface area is 100 Å². The molecule has 1 unspecified atom stereocenters. The van der Waals surface area contributed by atoms with E-state index in [0.717, 1.165) is 11.3 Å². The number of pyridine rings is 1. The van der Waals surface area contributed by atoms with Crippen molar-refractivity contribution in [2.45, 2.75) is 20.8 Å². The summed E-state index contributed by atoms with van der Waals surface area (Å²) in [5.41, 5.74) is 2.10. The summed E-state index contributed by atoms with van der Waals surface area (Å²) in [6, 6.07) is 3.90. The Morgan fingerprint density at radius 1 is 1.65 bits per heavy atom. The molecule has 1 aromatic heterocycles. The largest absolute Gasteiger partial charge is 0.481 e. The minimum Gasteiger partial charge on any atom is -0.481 e. The zero-order chi connectivity index (χ0) is 13.0. The Kier molecular flexibility index (Phi) is 4.05. The third-order valence-corrected chi connectivity index (χ3v) is 2.45. The van der Waals surface area contributed by atoms with Crippen LogP contribution in [0.15, 0.2) is 6.07 Å². The van der Waals surface area contributed by atoms with Gasteiger partial charge in [-0.2, -0.15) is 5.26 Å². The van der Waals surface area contributed by atoms with E-state index in [9.17, 15) is 4.79 Å². The van der Waals surface area contributed by atoms with Crippen LogP contribution in [0.3, 0.4) is 0 Å². The highest BCUT2D eigenvalue weighted by molar-refractivity contribution is 5.70. The Hall–Kier alpha value is -2.09. The van der Waals surface area contributed by atoms with Crippen molar-refractivity contribution >= 4 is 11.8 Å². The predicted molar refractivity (Wildman–Crippen MR) is 63.7 cm³/mol. The lowest BCUT2D eigenvalue weighted by Gasteiger charge is -2.12. The van der Waals surface area contributed by atoms with Crippen LogP contribution < -0.4 is 5.32 Å². The number of hydrogen-bond donors (Lipinski definition) is 2. The first kappa shape index (κ1) is 13.0. The van der Waals surface area contributed by atoms with Crippen molar-refractivity contribution in [1.82, 2.24) is 4.98 Å². The molecule has 0 aliphatic carbocycles. The zero-order valence-corrected chi connectivity index (χ0v) is 10.1. The predicted octanol–water partition coefficient (Wildman–Crippen LogP) is 1.70. The van der Waals surface area contributed by atoms with Gasteiger partial charge in [0.15, 0.2) is 0 Å². The first-order chi connectivity index (χ1) is 7.95. The number of nitrogens with one attached hydrogen (secondary N) is 1. The molecule has 0 aromatic carbocycles. The topological polar surface area (TPSA) is 86.0 Å². The molecule has 2 N–H and O–H groups in total. The molecule has 0 amide bonds. The second-order valence-corrected chi connectivity index (χ2v) is 4.04. The molecule has 1 heterocycles. The van der Waals surface area contributed by atoms with Crippen LogP contribution >= 0.6 is 0 Å². The van der Waals surface area contributed by atoms with Crippen molar-refractivity contribution in [1.29, 1.82) is 5.26 Å². The number of carbonyl (C=O) groups is 1. The summed E-state index contributed by atoms with van der Waals surface area (Å²) in [7, 11) is 0. The third-order valence-electron chi connectivity index (χ3n) is 2.45. The van der Waals surface area contributed by atoms with E-state index in [1.807, 2.05) is 19.9 Å². The van der Waals surface area contributed by atoms with E-state index in [-0.39, 0.29) is 6.54 Å². The van der Waals surface area contributed by atoms with Gasteiger partial charge in [-0.05, 0) is 25.5 Å². The Balaban J connectivity index is 2.91. The van der Waals surface area contributed by atoms with Crippen LogP contribution in [-0.2, 0) is 4.79 Å². The fraction of sp³-hybridized carbons (Fsp3) is 0.417. The fourth-order valence-electron chi connectivity index (χ4n) is 1.44. The number of nitrogens with zero attached hydrogens (tertiary/aromatic N) is 2. The average molecular weight is 233 g/mol. The molecular weight excluding hydrogens is 218 g/mol. The van der Waals surface area contributed by atoms with Crippen molar-refractivity contribution in [3.63, 3.8) is 0 Å². The van der Waals surface area contributed by atoms with Crippen molar-refractivity contribution in [3.8, 4) is 6.07 Å². The van der Waals surface area contributed by atoms with Gasteiger partial charge in [-0.15, -0.1) is 0 Å². The Morgan fingerprint density at radius 2 is 2.29 bits per heavy atom. The fourth-order valence-corrected chi connectivity index (χ4v) is 1.44. The van der Waals surface area contributed by atoms with E-state index in [1.165, 1.54) is 0 Å². The SMILES string of the molecule is Cc1cc(C)c(C#N)c(NCC(C)C(=O)O)n1. The summed E-state index contributed by atoms with van der Waals surface area (Å²) in [4.78, 5) is 14.9. The summed E-state index contributed by atoms with van der Waals surface area (Å²) in [5.74, 6) is -0.942. The minimum absolute atomic E-state index is 0.250. The molecule has 1 atom stereocenters. The van der Waals surface area contributed by atoms with Gasteiger partial charge in [0.2, 0.25) is 0 Å². The number of carboxylic acid groups (broad SMARTS) is 1. The van der Waals surface area contributed by atoms with Gasteiger partial charge in [0.1, 0.15) is 11.9 Å². The van der Waals surface area contributed by atoms with E-state index >= 15 is 0 Å². The summed E-state index contributed by atoms with van der Waals surface area (Å²) in [6.07, 6.45) is 0. The number of anilines is 1. The van der Waals surface area contributed by atoms with Gasteiger partial charge in [-0.1, -0.05) is 6.92 Å². The standard InChI is InChI=1S/C12H15N3O2/c1-7-4-9(3)15-11(10(7)5-13)14-6-8(2)12(16)17/h4,8H,6H2,1-3H3,(H,14,15)(H,16,17). The van der Waals surface area contributed by atoms with E-state index in [4.69, 9.17) is 10.4 Å². The van der Waals surface area contributed by atoms with Gasteiger partial charge in [0.25, 0.3) is 0 Å². The van der Waals surface area contributed by atoms with Gasteiger partial charge in [0, 0.05) is 12.2 Å². The molecule has 0 radical (unpaired) electrons. The van der Waals surface area contributed by atoms with Crippen LogP contribution in [-0.4, -0.2) is 22.6 Å². The highest BCUT2D eigenvalue weighted by Gasteiger charge is 2.13. The third kappa shape index (κ3) is 3.18. The molecule has 1 rings (SSSR count). The first-order valence-corrected chi connectivity index (χ1v) is 5.30. The molecule has 0 fully saturated rings. The summed E-state index contributed by atoms with van der Waals surface area (Å²) in [6.45, 7) is 5.52. The highest BCUT2D eigenvalue weighted by atomic mass is 16.4. The minimum atomic E-state index is -0.875. The van der Waals surface area contributed by atoms with Crippen molar-refractivity contribution < 1.29 is 9.90 Å². The van der Waals surface area contributed by atoms with Crippen molar-refractivity contribution in [2.75, 3.05) is 11.9 Å². The number of rotatable bonds is 4. The van der Waals surface area contributed by atoms with E-state index in [2.05, 4.69) is 16.4 Å². The molecule has 0 bridgehead atoms. The number of aliphatic carboxylic acids is 1. The van der Waals surface area contributed by atoms with E-state index in [1.54, 1.807) is 6.92 Å². The summed E-state index contributed by atoms with van der Waals surface area (Å²) in [5, 5.41) is 20.7. The van der Waals surface area contributed by atoms with Crippen LogP contribution in [0.4, 0.5) is 5.82 Å². The molecule has 5 heteroatoms. The summed E-state index contributed by atoms with van der Waals surface area (Å²) < 4.78 is 0. The molecule has 1 aromatic rings. The lowest BCUT2D eigenvalue weighted by molar-refractivity contribution is -0.140. The van der Waals surface area contributed by atoms with E-state index < -0.39 is 11.9 Å². The van der Waals surface area contributed by atoms with Gasteiger partial charge in [-0.3, -0.25) is 4.79 Å². The maximum atomic E-state index is 10.7. The van der Waals surface area contributed by atoms with Crippen LogP contribution in [0.25, 0.3) is 0 Å². The zero-order valence-electron chi connectivity index (χ0n) is 10.1. The van der Waals surface area contributed by atoms with Crippen LogP contribution in [0.1, 0.15) is 23.7 Å². The van der Waals surface area contributed by atoms with Gasteiger partial charge >= 0.3 is 5.97 Å². The Morgan fingerprint density at radius 3 is 2.82 bits per heavy atom. The lowest BCUT2D eigenvalue weighted by Crippen LogP contribution is -2.20. The highest BCUT2D eigenvalue weighted by Crippen LogP contribution is 2.17. The molecule has 0 saturated carbocycles. The number of carboxylic acids is 1. The number of aromatic nitrogens is 1. The average Bonchev–Trinajstić information content (AvgIpc) is 2.24. The van der Waals surface area contributed by atoms with Crippen LogP contribution in [0.5, 0.6) is 0 Å². The van der Waals surface area contributed by atoms with Gasteiger partial charge in [0.05, 0.1) is 11.5 Å². The van der Waals surface area contributed by atoms with Gasteiger partial charge in [-0.25, -0.2) is 4.98 Å². The molecule has 17 heavy (non-hydrogen) atoms. The quantitative estimate of drug-likeness (QED) is 0.826. The normalized spacial score (nSPS) is 11.6. The second-order valence-electron chi connectivity index (χ2n) is 4.04. The molecule has 0 spiro atoms. The maximum absolute atomic E-state index is 10.7. The molecule has 5 nitrogen and oxygen atoms in total. The molecule has 0 saturated heterocycles. The second kappa shape index (κ2) is 5.30. The first-order valence-electron chi connectivity index (χ1n) is 5.30. The monoisotopic (exact) mass is 233 g/mol. The Bertz CT molecular complexity index is 477. The molecule has 90 valence electrons.